The molecular formula is C24H32O6Si3. The number of carbonyl (C=O) groups is 2. The van der Waals surface area contributed by atoms with Crippen LogP contribution < -0.4 is 10.4 Å². The molecule has 0 amide bonds. The van der Waals surface area contributed by atoms with E-state index in [1.54, 1.807) is 40.0 Å². The van der Waals surface area contributed by atoms with Gasteiger partial charge in [0, 0.05) is 11.1 Å². The van der Waals surface area contributed by atoms with Gasteiger partial charge in [-0.3, -0.25) is 0 Å². The minimum absolute atomic E-state index is 0.289. The Morgan fingerprint density at radius 1 is 0.636 bits per heavy atom. The molecule has 0 radical (unpaired) electrons. The third-order valence-electron chi connectivity index (χ3n) is 4.46. The summed E-state index contributed by atoms with van der Waals surface area (Å²) in [6.07, 6.45) is 0. The maximum absolute atomic E-state index is 12.4. The predicted octanol–water partition coefficient (Wildman–Crippen LogP) is 3.92. The number of rotatable bonds is 10. The minimum Gasteiger partial charge on any atom is -0.492 e. The van der Waals surface area contributed by atoms with Gasteiger partial charge in [-0.2, -0.15) is 0 Å². The van der Waals surface area contributed by atoms with Crippen molar-refractivity contribution in [2.45, 2.75) is 40.0 Å². The lowest BCUT2D eigenvalue weighted by molar-refractivity contribution is -0.132. The fourth-order valence-electron chi connectivity index (χ4n) is 3.09. The molecule has 0 atom stereocenters. The molecule has 2 aromatic carbocycles. The molecule has 0 saturated heterocycles. The van der Waals surface area contributed by atoms with Gasteiger partial charge < -0.3 is 17.1 Å². The van der Waals surface area contributed by atoms with E-state index in [4.69, 9.17) is 17.1 Å². The Kier molecular flexibility index (Phi) is 8.55. The fourth-order valence-corrected chi connectivity index (χ4v) is 14.2. The summed E-state index contributed by atoms with van der Waals surface area (Å²) in [5.41, 5.74) is 0.578. The zero-order chi connectivity index (χ0) is 24.9. The highest BCUT2D eigenvalue weighted by atomic mass is 28.5. The van der Waals surface area contributed by atoms with Gasteiger partial charge in [-0.15, -0.1) is 0 Å². The maximum Gasteiger partial charge on any atom is 0.390 e. The van der Waals surface area contributed by atoms with Crippen LogP contribution in [0.5, 0.6) is 0 Å². The second-order valence-corrected chi connectivity index (χ2v) is 18.7. The Balaban J connectivity index is 2.66. The van der Waals surface area contributed by atoms with E-state index in [1.807, 2.05) is 60.7 Å². The highest BCUT2D eigenvalue weighted by molar-refractivity contribution is 7.01. The molecule has 0 unspecified atom stereocenters. The summed E-state index contributed by atoms with van der Waals surface area (Å²) in [5.74, 6) is -1.03. The van der Waals surface area contributed by atoms with Crippen molar-refractivity contribution in [1.29, 1.82) is 0 Å². The second-order valence-electron chi connectivity index (χ2n) is 8.69. The molecule has 176 valence electrons. The third kappa shape index (κ3) is 7.21. The van der Waals surface area contributed by atoms with Gasteiger partial charge in [-0.05, 0) is 50.4 Å². The topological polar surface area (TPSA) is 71.1 Å². The first-order chi connectivity index (χ1) is 15.3. The Morgan fingerprint density at radius 2 is 0.939 bits per heavy atom. The van der Waals surface area contributed by atoms with E-state index in [-0.39, 0.29) is 11.1 Å². The van der Waals surface area contributed by atoms with E-state index in [2.05, 4.69) is 13.2 Å². The lowest BCUT2D eigenvalue weighted by Crippen LogP contribution is -2.71. The van der Waals surface area contributed by atoms with Crippen LogP contribution in [0.1, 0.15) is 13.8 Å². The number of carbonyl (C=O) groups excluding carboxylic acids is 2. The molecule has 0 aliphatic rings. The first kappa shape index (κ1) is 26.7. The molecule has 33 heavy (non-hydrogen) atoms. The van der Waals surface area contributed by atoms with Crippen molar-refractivity contribution in [3.63, 3.8) is 0 Å². The summed E-state index contributed by atoms with van der Waals surface area (Å²) >= 11 is 0. The first-order valence-electron chi connectivity index (χ1n) is 10.6. The van der Waals surface area contributed by atoms with Gasteiger partial charge in [0.1, 0.15) is 0 Å². The third-order valence-corrected chi connectivity index (χ3v) is 14.2. The molecule has 6 nitrogen and oxygen atoms in total. The van der Waals surface area contributed by atoms with Crippen LogP contribution in [0.3, 0.4) is 0 Å². The monoisotopic (exact) mass is 500 g/mol. The molecule has 2 rings (SSSR count). The molecule has 0 aromatic heterocycles. The molecule has 0 saturated carbocycles. The van der Waals surface area contributed by atoms with Crippen molar-refractivity contribution in [3.05, 3.63) is 85.0 Å². The molecule has 9 heteroatoms. The van der Waals surface area contributed by atoms with Gasteiger partial charge in [0.2, 0.25) is 0 Å². The van der Waals surface area contributed by atoms with Crippen molar-refractivity contribution in [2.24, 2.45) is 0 Å². The van der Waals surface area contributed by atoms with Crippen molar-refractivity contribution in [2.75, 3.05) is 0 Å². The average Bonchev–Trinajstić information content (AvgIpc) is 2.73. The quantitative estimate of drug-likeness (QED) is 0.364. The van der Waals surface area contributed by atoms with Crippen molar-refractivity contribution >= 4 is 48.0 Å². The first-order valence-corrected chi connectivity index (χ1v) is 18.0. The molecule has 0 bridgehead atoms. The smallest absolute Gasteiger partial charge is 0.390 e. The molecule has 0 aliphatic carbocycles. The molecule has 0 fully saturated rings. The Morgan fingerprint density at radius 3 is 1.21 bits per heavy atom. The zero-order valence-electron chi connectivity index (χ0n) is 20.1. The highest BCUT2D eigenvalue weighted by Gasteiger charge is 2.53. The summed E-state index contributed by atoms with van der Waals surface area (Å²) in [4.78, 5) is 24.7. The van der Waals surface area contributed by atoms with E-state index in [0.717, 1.165) is 10.4 Å². The fraction of sp³-hybridized carbons (Fsp3) is 0.250. The zero-order valence-corrected chi connectivity index (χ0v) is 23.1. The summed E-state index contributed by atoms with van der Waals surface area (Å²) in [6.45, 7) is 17.7. The van der Waals surface area contributed by atoms with Crippen LogP contribution >= 0.6 is 0 Å². The molecule has 0 heterocycles. The Hall–Kier alpha value is -2.57. The molecule has 2 aromatic rings. The van der Waals surface area contributed by atoms with E-state index in [0.29, 0.717) is 0 Å². The van der Waals surface area contributed by atoms with Gasteiger partial charge in [-0.1, -0.05) is 73.8 Å². The molecule has 0 N–H and O–H groups in total. The van der Waals surface area contributed by atoms with Gasteiger partial charge in [0.05, 0.1) is 0 Å². The van der Waals surface area contributed by atoms with Crippen LogP contribution in [0.25, 0.3) is 0 Å². The number of hydrogen-bond donors (Lipinski definition) is 0. The van der Waals surface area contributed by atoms with Crippen molar-refractivity contribution in [3.8, 4) is 0 Å². The highest BCUT2D eigenvalue weighted by Crippen LogP contribution is 2.24. The van der Waals surface area contributed by atoms with Crippen LogP contribution in [-0.4, -0.2) is 37.6 Å². The lowest BCUT2D eigenvalue weighted by atomic mass is 10.4. The van der Waals surface area contributed by atoms with Gasteiger partial charge >= 0.3 is 37.6 Å². The van der Waals surface area contributed by atoms with Crippen LogP contribution in [0.15, 0.2) is 85.0 Å². The summed E-state index contributed by atoms with van der Waals surface area (Å²) in [6, 6.07) is 19.1. The van der Waals surface area contributed by atoms with E-state index in [1.165, 1.54) is 0 Å². The second kappa shape index (κ2) is 10.6. The summed E-state index contributed by atoms with van der Waals surface area (Å²) in [7, 11) is -9.71. The van der Waals surface area contributed by atoms with Gasteiger partial charge in [0.15, 0.2) is 0 Å². The molecule has 0 spiro atoms. The van der Waals surface area contributed by atoms with E-state index in [9.17, 15) is 9.59 Å². The van der Waals surface area contributed by atoms with Crippen LogP contribution in [0.2, 0.25) is 26.2 Å². The lowest BCUT2D eigenvalue weighted by Gasteiger charge is -2.41. The summed E-state index contributed by atoms with van der Waals surface area (Å²) in [5, 5.41) is 1.63. The number of hydrogen-bond acceptors (Lipinski definition) is 6. The van der Waals surface area contributed by atoms with E-state index < -0.39 is 37.6 Å². The normalized spacial score (nSPS) is 12.1. The molecule has 0 aliphatic heterocycles. The Labute approximate surface area is 199 Å². The van der Waals surface area contributed by atoms with E-state index >= 15 is 0 Å². The summed E-state index contributed by atoms with van der Waals surface area (Å²) < 4.78 is 25.1. The largest absolute Gasteiger partial charge is 0.492 e. The maximum atomic E-state index is 12.4. The minimum atomic E-state index is -3.51. The van der Waals surface area contributed by atoms with Crippen molar-refractivity contribution in [1.82, 2.24) is 0 Å². The standard InChI is InChI=1S/C24H32O6Si3/c1-19(2)23(25)27-31(5,6)29-33(21-15-11-9-12-16-21,22-17-13-10-14-18-22)30-32(7,8)28-24(26)20(3)4/h9-18H,1,3H2,2,4-8H3. The molecular weight excluding hydrogens is 469 g/mol. The van der Waals surface area contributed by atoms with Crippen LogP contribution in [0, 0.1) is 0 Å². The van der Waals surface area contributed by atoms with Crippen molar-refractivity contribution < 1.29 is 26.7 Å². The van der Waals surface area contributed by atoms with Gasteiger partial charge in [-0.25, -0.2) is 9.59 Å². The average molecular weight is 501 g/mol. The van der Waals surface area contributed by atoms with Crippen LogP contribution in [0.4, 0.5) is 0 Å². The predicted molar refractivity (Wildman–Crippen MR) is 137 cm³/mol. The number of benzene rings is 2. The van der Waals surface area contributed by atoms with Gasteiger partial charge in [0.25, 0.3) is 0 Å². The SMILES string of the molecule is C=C(C)C(=O)O[Si](C)(C)O[Si](O[Si](C)(C)OC(=O)C(=C)C)(c1ccccc1)c1ccccc1. The van der Waals surface area contributed by atoms with Crippen LogP contribution in [-0.2, 0) is 26.7 Å². The Bertz CT molecular complexity index is 936.